The van der Waals surface area contributed by atoms with Crippen LogP contribution in [0.3, 0.4) is 0 Å². The maximum atomic E-state index is 13.5. The van der Waals surface area contributed by atoms with Gasteiger partial charge in [0.05, 0.1) is 41.6 Å². The summed E-state index contributed by atoms with van der Waals surface area (Å²) >= 11 is 6.25. The maximum Gasteiger partial charge on any atom is 0.410 e. The summed E-state index contributed by atoms with van der Waals surface area (Å²) in [5.41, 5.74) is 5.88. The van der Waals surface area contributed by atoms with Crippen LogP contribution in [-0.4, -0.2) is 107 Å². The van der Waals surface area contributed by atoms with E-state index in [1.165, 1.54) is 36.4 Å². The highest BCUT2D eigenvalue weighted by molar-refractivity contribution is 8.93. The lowest BCUT2D eigenvalue weighted by Crippen LogP contribution is -2.45. The van der Waals surface area contributed by atoms with Crippen molar-refractivity contribution < 1.29 is 51.1 Å². The zero-order chi connectivity index (χ0) is 68.9. The number of benzene rings is 3. The number of hydrogen-bond donors (Lipinski definition) is 3. The third kappa shape index (κ3) is 17.4. The van der Waals surface area contributed by atoms with Crippen LogP contribution >= 0.6 is 51.3 Å². The molecule has 96 heavy (non-hydrogen) atoms. The zero-order valence-electron chi connectivity index (χ0n) is 55.3. The van der Waals surface area contributed by atoms with Gasteiger partial charge in [-0.3, -0.25) is 34.6 Å². The molecule has 3 aromatic carbocycles. The molecule has 5 amide bonds. The fourth-order valence-electron chi connectivity index (χ4n) is 12.7. The predicted molar refractivity (Wildman–Crippen MR) is 376 cm³/mol. The molecular formula is C71H84BrClF4N10O7S2. The fraction of sp³-hybridized carbons (Fsp3) is 0.437. The van der Waals surface area contributed by atoms with Crippen LogP contribution < -0.4 is 16.0 Å². The summed E-state index contributed by atoms with van der Waals surface area (Å²) in [5, 5.41) is 8.88. The van der Waals surface area contributed by atoms with Gasteiger partial charge in [0.2, 0.25) is 29.0 Å². The summed E-state index contributed by atoms with van der Waals surface area (Å²) in [6.07, 6.45) is 3.19. The Bertz CT molecular complexity index is 4000. The minimum atomic E-state index is -2.66. The standard InChI is InChI=1S/C38H43F2N5O4S.C30H37F2N5O2S.C3H3ClO.BrH/c1-6-32(46)43-17-16-38(23-43)19-27(20-38)45-29-13-12-26(18-28(29)41-35(45)42-34(47)31-15-14-30(50-31)33(39)40)21-44(24(2)37(3,4)5)36(48)49-22-25-10-8-7-9-11-25;1-6-25(38)36-12-11-30(17-36)14-20(15-30)37-22-8-7-19(16-33-18(2)29(3,4)5)13-21(22)34-28(37)35-27(39)24-10-9-23(40-24)26(31)32;1-2-3(4)5;/h6-15,18,24,27,33H,1,16-17,19-23H2,2-5H3,(H,41,42,47);6-10,13,18,20,26,33H,1,11-12,14-17H2,2-5H3,(H,34,35,39);2H,1H2;1H/t24-,27?,38?;18-,20?,30?;;/m00../s1. The van der Waals surface area contributed by atoms with Gasteiger partial charge in [0.1, 0.15) is 6.61 Å². The molecule has 4 fully saturated rings. The molecule has 2 spiro atoms. The van der Waals surface area contributed by atoms with E-state index >= 15 is 0 Å². The number of allylic oxidation sites excluding steroid dienone is 1. The number of thiophene rings is 2. The van der Waals surface area contributed by atoms with Crippen molar-refractivity contribution in [3.63, 3.8) is 0 Å². The first-order valence-electron chi connectivity index (χ1n) is 31.7. The molecule has 4 aliphatic rings. The Morgan fingerprint density at radius 3 is 1.51 bits per heavy atom. The summed E-state index contributed by atoms with van der Waals surface area (Å²) in [6, 6.07) is 27.2. The van der Waals surface area contributed by atoms with Crippen molar-refractivity contribution in [1.29, 1.82) is 0 Å². The molecule has 0 bridgehead atoms. The number of hydrogen-bond acceptors (Lipinski definition) is 12. The Morgan fingerprint density at radius 2 is 1.10 bits per heavy atom. The van der Waals surface area contributed by atoms with Crippen molar-refractivity contribution in [3.8, 4) is 0 Å². The van der Waals surface area contributed by atoms with Crippen LogP contribution in [0.4, 0.5) is 34.3 Å². The molecule has 3 N–H and O–H groups in total. The molecule has 6 heterocycles. The lowest BCUT2D eigenvalue weighted by Gasteiger charge is -2.46. The summed E-state index contributed by atoms with van der Waals surface area (Å²) in [7, 11) is 0. The highest BCUT2D eigenvalue weighted by atomic mass is 79.9. The summed E-state index contributed by atoms with van der Waals surface area (Å²) < 4.78 is 62.7. The number of likely N-dealkylation sites (tertiary alicyclic amines) is 2. The average Bonchev–Trinajstić information content (AvgIpc) is 1.57. The van der Waals surface area contributed by atoms with Crippen LogP contribution in [0.5, 0.6) is 0 Å². The number of alkyl halides is 4. The lowest BCUT2D eigenvalue weighted by atomic mass is 9.64. The smallest absolute Gasteiger partial charge is 0.410 e. The Kier molecular flexibility index (Phi) is 23.9. The monoisotopic (exact) mass is 1440 g/mol. The number of carbonyl (C=O) groups is 6. The first-order valence-corrected chi connectivity index (χ1v) is 33.7. The fourth-order valence-corrected chi connectivity index (χ4v) is 14.3. The van der Waals surface area contributed by atoms with Crippen molar-refractivity contribution in [2.75, 3.05) is 36.8 Å². The van der Waals surface area contributed by atoms with Crippen LogP contribution in [-0.2, 0) is 38.8 Å². The second kappa shape index (κ2) is 30.9. The van der Waals surface area contributed by atoms with E-state index in [4.69, 9.17) is 26.3 Å². The molecule has 514 valence electrons. The molecule has 17 nitrogen and oxygen atoms in total. The van der Waals surface area contributed by atoms with E-state index in [2.05, 4.69) is 94.8 Å². The van der Waals surface area contributed by atoms with Crippen molar-refractivity contribution in [3.05, 3.63) is 165 Å². The normalized spacial score (nSPS) is 19.5. The third-order valence-electron chi connectivity index (χ3n) is 18.9. The first kappa shape index (κ1) is 74.3. The van der Waals surface area contributed by atoms with Crippen LogP contribution in [0.15, 0.2) is 129 Å². The molecule has 2 atom stereocenters. The topological polar surface area (TPSA) is 193 Å². The van der Waals surface area contributed by atoms with Crippen LogP contribution in [0.25, 0.3) is 22.1 Å². The van der Waals surface area contributed by atoms with Gasteiger partial charge in [-0.15, -0.1) is 39.7 Å². The molecule has 7 aromatic rings. The van der Waals surface area contributed by atoms with Gasteiger partial charge in [-0.2, -0.15) is 0 Å². The number of imidazole rings is 2. The largest absolute Gasteiger partial charge is 0.445 e. The predicted octanol–water partition coefficient (Wildman–Crippen LogP) is 16.7. The Balaban J connectivity index is 0.000000232. The van der Waals surface area contributed by atoms with Crippen LogP contribution in [0.1, 0.15) is 165 Å². The minimum absolute atomic E-state index is 0. The number of amides is 5. The number of halogens is 6. The number of rotatable bonds is 19. The molecule has 2 saturated carbocycles. The SMILES string of the molecule is Br.C=CC(=O)Cl.C=CC(=O)N1CCC2(CC(n3c(NC(=O)c4ccc(C(F)F)s4)nc4cc(CN(C(=O)OCc5ccccc5)[C@@H](C)C(C)(C)C)ccc43)C2)C1.C=CC(=O)N1CCC2(CC(n3c(NC(=O)c4ccc(C(F)F)s4)nc4cc(CN[C@@H](C)C(C)(C)C)ccc43)C2)C1. The second-order valence-corrected chi connectivity index (χ2v) is 30.0. The molecule has 0 radical (unpaired) electrons. The van der Waals surface area contributed by atoms with Gasteiger partial charge >= 0.3 is 6.09 Å². The van der Waals surface area contributed by atoms with E-state index in [0.29, 0.717) is 49.6 Å². The highest BCUT2D eigenvalue weighted by Crippen LogP contribution is 2.57. The highest BCUT2D eigenvalue weighted by Gasteiger charge is 2.52. The zero-order valence-corrected chi connectivity index (χ0v) is 59.4. The van der Waals surface area contributed by atoms with Gasteiger partial charge in [0.25, 0.3) is 24.7 Å². The molecule has 0 unspecified atom stereocenters. The van der Waals surface area contributed by atoms with E-state index in [9.17, 15) is 46.3 Å². The molecule has 4 aromatic heterocycles. The summed E-state index contributed by atoms with van der Waals surface area (Å²) in [5.74, 6) is -0.334. The van der Waals surface area contributed by atoms with E-state index in [1.807, 2.05) is 82.0 Å². The first-order chi connectivity index (χ1) is 44.9. The number of fused-ring (bicyclic) bond motifs is 2. The third-order valence-corrected chi connectivity index (χ3v) is 21.3. The van der Waals surface area contributed by atoms with E-state index < -0.39 is 36.0 Å². The average molecular weight is 1440 g/mol. The van der Waals surface area contributed by atoms with Gasteiger partial charge in [-0.1, -0.05) is 104 Å². The van der Waals surface area contributed by atoms with E-state index in [0.717, 1.165) is 107 Å². The molecule has 2 aliphatic heterocycles. The minimum Gasteiger partial charge on any atom is -0.445 e. The Morgan fingerprint density at radius 1 is 0.656 bits per heavy atom. The number of ether oxygens (including phenoxy) is 1. The van der Waals surface area contributed by atoms with Gasteiger partial charge < -0.3 is 33.9 Å². The number of anilines is 2. The van der Waals surface area contributed by atoms with Gasteiger partial charge in [-0.25, -0.2) is 32.3 Å². The molecule has 25 heteroatoms. The summed E-state index contributed by atoms with van der Waals surface area (Å²) in [4.78, 5) is 89.0. The van der Waals surface area contributed by atoms with E-state index in [-0.39, 0.29) is 101 Å². The molecular weight excluding hydrogens is 1360 g/mol. The number of carbonyl (C=O) groups excluding carboxylic acids is 6. The maximum absolute atomic E-state index is 13.5. The Labute approximate surface area is 581 Å². The van der Waals surface area contributed by atoms with Gasteiger partial charge in [0, 0.05) is 63.4 Å². The van der Waals surface area contributed by atoms with Gasteiger partial charge in [-0.05, 0) is 169 Å². The van der Waals surface area contributed by atoms with Crippen molar-refractivity contribution in [2.24, 2.45) is 21.7 Å². The Hall–Kier alpha value is -7.51. The molecule has 2 aliphatic carbocycles. The van der Waals surface area contributed by atoms with Crippen LogP contribution in [0, 0.1) is 21.7 Å². The number of nitrogens with one attached hydrogen (secondary N) is 3. The number of nitrogens with zero attached hydrogens (tertiary/aromatic N) is 7. The van der Waals surface area contributed by atoms with Crippen LogP contribution in [0.2, 0.25) is 0 Å². The summed E-state index contributed by atoms with van der Waals surface area (Å²) in [6.45, 7) is 31.2. The quantitative estimate of drug-likeness (QED) is 0.0399. The van der Waals surface area contributed by atoms with Crippen molar-refractivity contribution in [1.82, 2.24) is 39.1 Å². The second-order valence-electron chi connectivity index (χ2n) is 27.4. The van der Waals surface area contributed by atoms with E-state index in [1.54, 1.807) is 4.90 Å². The lowest BCUT2D eigenvalue weighted by molar-refractivity contribution is -0.126. The molecule has 11 rings (SSSR count). The van der Waals surface area contributed by atoms with Gasteiger partial charge in [0.15, 0.2) is 0 Å². The van der Waals surface area contributed by atoms with Crippen molar-refractivity contribution in [2.45, 2.75) is 151 Å². The van der Waals surface area contributed by atoms with Crippen molar-refractivity contribution >= 4 is 120 Å². The number of aromatic nitrogens is 4. The molecule has 2 saturated heterocycles.